The fraction of sp³-hybridized carbons (Fsp3) is 0.250. The van der Waals surface area contributed by atoms with E-state index in [2.05, 4.69) is 5.32 Å². The molecular weight excluding hydrogens is 288 g/mol. The summed E-state index contributed by atoms with van der Waals surface area (Å²) in [5.74, 6) is 0.603. The number of phenols is 1. The minimum absolute atomic E-state index is 0.137. The van der Waals surface area contributed by atoms with Crippen LogP contribution in [0, 0.1) is 0 Å². The van der Waals surface area contributed by atoms with Gasteiger partial charge in [0.25, 0.3) is 0 Å². The van der Waals surface area contributed by atoms with Crippen LogP contribution in [0.1, 0.15) is 5.56 Å². The van der Waals surface area contributed by atoms with Crippen molar-refractivity contribution >= 4 is 23.0 Å². The molecule has 0 atom stereocenters. The van der Waals surface area contributed by atoms with Crippen molar-refractivity contribution in [3.63, 3.8) is 0 Å². The maximum absolute atomic E-state index is 9.60. The number of nitrogens with zero attached hydrogens (tertiary/aromatic N) is 1. The number of ether oxygens (including phenoxy) is 1. The first-order valence-electron chi connectivity index (χ1n) is 6.58. The molecule has 2 N–H and O–H groups in total. The molecule has 0 radical (unpaired) electrons. The summed E-state index contributed by atoms with van der Waals surface area (Å²) >= 11 is 6.24. The average molecular weight is 307 g/mol. The van der Waals surface area contributed by atoms with Crippen molar-refractivity contribution in [1.82, 2.24) is 0 Å². The summed E-state index contributed by atoms with van der Waals surface area (Å²) in [7, 11) is 5.44. The SMILES string of the molecule is COc1cc(CNc2cccc(Cl)c2N(C)C)ccc1O. The van der Waals surface area contributed by atoms with E-state index in [1.807, 2.05) is 49.3 Å². The number of methoxy groups -OCH3 is 1. The number of para-hydroxylation sites is 1. The van der Waals surface area contributed by atoms with E-state index in [-0.39, 0.29) is 5.75 Å². The van der Waals surface area contributed by atoms with Gasteiger partial charge >= 0.3 is 0 Å². The van der Waals surface area contributed by atoms with Crippen molar-refractivity contribution in [2.75, 3.05) is 31.4 Å². The van der Waals surface area contributed by atoms with Gasteiger partial charge in [0.05, 0.1) is 23.5 Å². The Kier molecular flexibility index (Phi) is 4.81. The number of hydrogen-bond donors (Lipinski definition) is 2. The Balaban J connectivity index is 2.19. The molecule has 2 rings (SSSR count). The van der Waals surface area contributed by atoms with E-state index in [0.29, 0.717) is 17.3 Å². The van der Waals surface area contributed by atoms with Gasteiger partial charge in [0.2, 0.25) is 0 Å². The Morgan fingerprint density at radius 3 is 2.67 bits per heavy atom. The van der Waals surface area contributed by atoms with Crippen LogP contribution in [-0.2, 0) is 6.54 Å². The number of rotatable bonds is 5. The van der Waals surface area contributed by atoms with E-state index < -0.39 is 0 Å². The summed E-state index contributed by atoms with van der Waals surface area (Å²) in [5.41, 5.74) is 2.92. The van der Waals surface area contributed by atoms with Crippen LogP contribution < -0.4 is 15.0 Å². The van der Waals surface area contributed by atoms with Gasteiger partial charge in [-0.2, -0.15) is 0 Å². The fourth-order valence-electron chi connectivity index (χ4n) is 2.14. The highest BCUT2D eigenvalue weighted by Gasteiger charge is 2.09. The molecule has 0 unspecified atom stereocenters. The lowest BCUT2D eigenvalue weighted by atomic mass is 10.2. The monoisotopic (exact) mass is 306 g/mol. The van der Waals surface area contributed by atoms with E-state index in [9.17, 15) is 5.11 Å². The highest BCUT2D eigenvalue weighted by molar-refractivity contribution is 6.34. The van der Waals surface area contributed by atoms with Gasteiger partial charge in [-0.15, -0.1) is 0 Å². The molecule has 0 saturated carbocycles. The van der Waals surface area contributed by atoms with Gasteiger partial charge in [0.15, 0.2) is 11.5 Å². The van der Waals surface area contributed by atoms with Gasteiger partial charge in [-0.3, -0.25) is 0 Å². The summed E-state index contributed by atoms with van der Waals surface area (Å²) < 4.78 is 5.11. The molecule has 5 heteroatoms. The van der Waals surface area contributed by atoms with Gasteiger partial charge in [0.1, 0.15) is 0 Å². The number of benzene rings is 2. The predicted octanol–water partition coefficient (Wildman–Crippen LogP) is 3.73. The molecule has 0 fully saturated rings. The maximum atomic E-state index is 9.60. The van der Waals surface area contributed by atoms with Gasteiger partial charge in [0, 0.05) is 20.6 Å². The second-order valence-electron chi connectivity index (χ2n) is 4.89. The van der Waals surface area contributed by atoms with Crippen molar-refractivity contribution in [3.05, 3.63) is 47.0 Å². The van der Waals surface area contributed by atoms with Crippen molar-refractivity contribution in [2.45, 2.75) is 6.54 Å². The standard InChI is InChI=1S/C16H19ClN2O2/c1-19(2)16-12(17)5-4-6-13(16)18-10-11-7-8-14(20)15(9-11)21-3/h4-9,18,20H,10H2,1-3H3. The lowest BCUT2D eigenvalue weighted by Crippen LogP contribution is -2.12. The second-order valence-corrected chi connectivity index (χ2v) is 5.30. The van der Waals surface area contributed by atoms with E-state index in [1.54, 1.807) is 6.07 Å². The van der Waals surface area contributed by atoms with Crippen LogP contribution in [0.2, 0.25) is 5.02 Å². The molecular formula is C16H19ClN2O2. The second kappa shape index (κ2) is 6.59. The highest BCUT2D eigenvalue weighted by atomic mass is 35.5. The zero-order valence-corrected chi connectivity index (χ0v) is 13.1. The Morgan fingerprint density at radius 1 is 1.24 bits per heavy atom. The summed E-state index contributed by atoms with van der Waals surface area (Å²) in [6.45, 7) is 0.609. The molecule has 0 amide bonds. The third-order valence-electron chi connectivity index (χ3n) is 3.16. The first-order valence-corrected chi connectivity index (χ1v) is 6.96. The molecule has 2 aromatic rings. The molecule has 0 heterocycles. The minimum atomic E-state index is 0.137. The smallest absolute Gasteiger partial charge is 0.160 e. The number of aromatic hydroxyl groups is 1. The van der Waals surface area contributed by atoms with Crippen LogP contribution in [0.3, 0.4) is 0 Å². The van der Waals surface area contributed by atoms with Crippen molar-refractivity contribution in [1.29, 1.82) is 0 Å². The molecule has 4 nitrogen and oxygen atoms in total. The molecule has 0 aromatic heterocycles. The Bertz CT molecular complexity index is 630. The van der Waals surface area contributed by atoms with Crippen LogP contribution in [0.5, 0.6) is 11.5 Å². The normalized spacial score (nSPS) is 10.3. The molecule has 0 spiro atoms. The van der Waals surface area contributed by atoms with E-state index in [1.165, 1.54) is 7.11 Å². The van der Waals surface area contributed by atoms with Crippen molar-refractivity contribution < 1.29 is 9.84 Å². The summed E-state index contributed by atoms with van der Waals surface area (Å²) in [6.07, 6.45) is 0. The number of halogens is 1. The number of anilines is 2. The van der Waals surface area contributed by atoms with Gasteiger partial charge < -0.3 is 20.1 Å². The lowest BCUT2D eigenvalue weighted by Gasteiger charge is -2.20. The van der Waals surface area contributed by atoms with Crippen molar-refractivity contribution in [3.8, 4) is 11.5 Å². The highest BCUT2D eigenvalue weighted by Crippen LogP contribution is 2.33. The third kappa shape index (κ3) is 3.52. The quantitative estimate of drug-likeness (QED) is 0.883. The summed E-state index contributed by atoms with van der Waals surface area (Å²) in [4.78, 5) is 1.97. The van der Waals surface area contributed by atoms with Crippen LogP contribution in [0.4, 0.5) is 11.4 Å². The first kappa shape index (κ1) is 15.3. The third-order valence-corrected chi connectivity index (χ3v) is 3.47. The van der Waals surface area contributed by atoms with Crippen LogP contribution in [0.15, 0.2) is 36.4 Å². The number of nitrogens with one attached hydrogen (secondary N) is 1. The van der Waals surface area contributed by atoms with E-state index in [0.717, 1.165) is 16.9 Å². The average Bonchev–Trinajstić information content (AvgIpc) is 2.46. The van der Waals surface area contributed by atoms with Crippen LogP contribution in [0.25, 0.3) is 0 Å². The molecule has 0 aliphatic heterocycles. The van der Waals surface area contributed by atoms with Crippen LogP contribution in [-0.4, -0.2) is 26.3 Å². The molecule has 112 valence electrons. The van der Waals surface area contributed by atoms with Gasteiger partial charge in [-0.25, -0.2) is 0 Å². The van der Waals surface area contributed by atoms with E-state index >= 15 is 0 Å². The summed E-state index contributed by atoms with van der Waals surface area (Å²) in [5, 5.41) is 13.7. The van der Waals surface area contributed by atoms with Gasteiger partial charge in [-0.05, 0) is 29.8 Å². The number of hydrogen-bond acceptors (Lipinski definition) is 4. The topological polar surface area (TPSA) is 44.7 Å². The molecule has 0 bridgehead atoms. The molecule has 0 aliphatic carbocycles. The van der Waals surface area contributed by atoms with E-state index in [4.69, 9.17) is 16.3 Å². The summed E-state index contributed by atoms with van der Waals surface area (Å²) in [6, 6.07) is 11.0. The van der Waals surface area contributed by atoms with Crippen molar-refractivity contribution in [2.24, 2.45) is 0 Å². The molecule has 0 aliphatic rings. The maximum Gasteiger partial charge on any atom is 0.160 e. The first-order chi connectivity index (χ1) is 10.0. The zero-order chi connectivity index (χ0) is 15.4. The lowest BCUT2D eigenvalue weighted by molar-refractivity contribution is 0.373. The van der Waals surface area contributed by atoms with Gasteiger partial charge in [-0.1, -0.05) is 23.7 Å². The molecule has 21 heavy (non-hydrogen) atoms. The minimum Gasteiger partial charge on any atom is -0.504 e. The number of phenolic OH excluding ortho intramolecular Hbond substituents is 1. The van der Waals surface area contributed by atoms with Crippen LogP contribution >= 0.6 is 11.6 Å². The molecule has 0 saturated heterocycles. The Morgan fingerprint density at radius 2 is 2.00 bits per heavy atom. The fourth-order valence-corrected chi connectivity index (χ4v) is 2.49. The Labute approximate surface area is 129 Å². The zero-order valence-electron chi connectivity index (χ0n) is 12.4. The predicted molar refractivity (Wildman–Crippen MR) is 87.8 cm³/mol. The largest absolute Gasteiger partial charge is 0.504 e. The molecule has 2 aromatic carbocycles. The Hall–Kier alpha value is -2.07.